The molecular formula is C24H32N4O2. The van der Waals surface area contributed by atoms with Gasteiger partial charge in [0.1, 0.15) is 0 Å². The highest BCUT2D eigenvalue weighted by atomic mass is 16.5. The van der Waals surface area contributed by atoms with E-state index in [1.165, 1.54) is 5.56 Å². The number of hydrogen-bond donors (Lipinski definition) is 1. The average molecular weight is 409 g/mol. The standard InChI is InChI=1S/C24H32N4O2/c29-24-10-9-21(11-13-25-18-20-6-2-1-3-7-20)28(24)19-23(22-8-4-5-12-26-22)27-14-16-30-17-15-27/h1-8,12,21,23,25H,9-11,13-19H2. The van der Waals surface area contributed by atoms with Crippen molar-refractivity contribution in [1.82, 2.24) is 20.1 Å². The molecule has 2 saturated heterocycles. The zero-order valence-corrected chi connectivity index (χ0v) is 17.6. The average Bonchev–Trinajstić information content (AvgIpc) is 3.16. The molecular weight excluding hydrogens is 376 g/mol. The number of hydrogen-bond acceptors (Lipinski definition) is 5. The third-order valence-corrected chi connectivity index (χ3v) is 6.16. The van der Waals surface area contributed by atoms with Gasteiger partial charge in [0, 0.05) is 44.8 Å². The van der Waals surface area contributed by atoms with E-state index in [1.54, 1.807) is 0 Å². The first-order valence-electron chi connectivity index (χ1n) is 11.1. The lowest BCUT2D eigenvalue weighted by molar-refractivity contribution is -0.130. The van der Waals surface area contributed by atoms with Gasteiger partial charge in [-0.15, -0.1) is 0 Å². The predicted octanol–water partition coefficient (Wildman–Crippen LogP) is 2.63. The molecule has 0 bridgehead atoms. The highest BCUT2D eigenvalue weighted by Gasteiger charge is 2.35. The van der Waals surface area contributed by atoms with Crippen molar-refractivity contribution in [3.8, 4) is 0 Å². The van der Waals surface area contributed by atoms with Gasteiger partial charge in [-0.2, -0.15) is 0 Å². The largest absolute Gasteiger partial charge is 0.379 e. The van der Waals surface area contributed by atoms with E-state index in [0.717, 1.165) is 57.9 Å². The molecule has 2 unspecified atom stereocenters. The number of carbonyl (C=O) groups is 1. The van der Waals surface area contributed by atoms with Crippen molar-refractivity contribution in [2.24, 2.45) is 0 Å². The van der Waals surface area contributed by atoms with E-state index >= 15 is 0 Å². The Bertz CT molecular complexity index is 780. The summed E-state index contributed by atoms with van der Waals surface area (Å²) in [4.78, 5) is 21.9. The molecule has 0 saturated carbocycles. The lowest BCUT2D eigenvalue weighted by Crippen LogP contribution is -2.46. The Morgan fingerprint density at radius 2 is 1.90 bits per heavy atom. The monoisotopic (exact) mass is 408 g/mol. The van der Waals surface area contributed by atoms with Crippen LogP contribution in [0.5, 0.6) is 0 Å². The minimum atomic E-state index is 0.122. The third kappa shape index (κ3) is 5.45. The Kier molecular flexibility index (Phi) is 7.45. The molecule has 1 aromatic heterocycles. The Labute approximate surface area is 179 Å². The Morgan fingerprint density at radius 3 is 2.67 bits per heavy atom. The third-order valence-electron chi connectivity index (χ3n) is 6.16. The van der Waals surface area contributed by atoms with Crippen molar-refractivity contribution < 1.29 is 9.53 Å². The van der Waals surface area contributed by atoms with Crippen molar-refractivity contribution in [2.75, 3.05) is 39.4 Å². The molecule has 2 aliphatic heterocycles. The molecule has 2 fully saturated rings. The zero-order chi connectivity index (χ0) is 20.6. The Hall–Kier alpha value is -2.28. The maximum atomic E-state index is 12.7. The number of pyridine rings is 1. The summed E-state index contributed by atoms with van der Waals surface area (Å²) in [7, 11) is 0. The summed E-state index contributed by atoms with van der Waals surface area (Å²) in [6, 6.07) is 16.9. The van der Waals surface area contributed by atoms with Gasteiger partial charge < -0.3 is 15.0 Å². The van der Waals surface area contributed by atoms with E-state index in [2.05, 4.69) is 50.4 Å². The Morgan fingerprint density at radius 1 is 1.10 bits per heavy atom. The number of nitrogens with zero attached hydrogens (tertiary/aromatic N) is 3. The van der Waals surface area contributed by atoms with Crippen LogP contribution in [0, 0.1) is 0 Å². The quantitative estimate of drug-likeness (QED) is 0.647. The van der Waals surface area contributed by atoms with Crippen molar-refractivity contribution in [3.05, 3.63) is 66.0 Å². The molecule has 0 spiro atoms. The number of rotatable bonds is 9. The van der Waals surface area contributed by atoms with Gasteiger partial charge >= 0.3 is 0 Å². The van der Waals surface area contributed by atoms with Crippen LogP contribution in [0.4, 0.5) is 0 Å². The molecule has 0 aliphatic carbocycles. The summed E-state index contributed by atoms with van der Waals surface area (Å²) >= 11 is 0. The second kappa shape index (κ2) is 10.7. The number of benzene rings is 1. The molecule has 30 heavy (non-hydrogen) atoms. The number of carbonyl (C=O) groups excluding carboxylic acids is 1. The van der Waals surface area contributed by atoms with E-state index < -0.39 is 0 Å². The smallest absolute Gasteiger partial charge is 0.222 e. The molecule has 4 rings (SSSR count). The molecule has 0 radical (unpaired) electrons. The topological polar surface area (TPSA) is 57.7 Å². The van der Waals surface area contributed by atoms with Gasteiger partial charge in [0.25, 0.3) is 0 Å². The van der Waals surface area contributed by atoms with Gasteiger partial charge in [-0.1, -0.05) is 36.4 Å². The molecule has 2 aliphatic rings. The summed E-state index contributed by atoms with van der Waals surface area (Å²) in [6.45, 7) is 5.73. The molecule has 2 aromatic rings. The van der Waals surface area contributed by atoms with Crippen LogP contribution in [0.15, 0.2) is 54.7 Å². The zero-order valence-electron chi connectivity index (χ0n) is 17.6. The molecule has 6 heteroatoms. The number of morpholine rings is 1. The van der Waals surface area contributed by atoms with E-state index in [0.29, 0.717) is 19.0 Å². The van der Waals surface area contributed by atoms with Crippen molar-refractivity contribution in [1.29, 1.82) is 0 Å². The van der Waals surface area contributed by atoms with E-state index in [-0.39, 0.29) is 11.9 Å². The summed E-state index contributed by atoms with van der Waals surface area (Å²) in [5.41, 5.74) is 2.33. The van der Waals surface area contributed by atoms with Crippen LogP contribution in [0.3, 0.4) is 0 Å². The molecule has 160 valence electrons. The van der Waals surface area contributed by atoms with Gasteiger partial charge in [0.05, 0.1) is 24.9 Å². The van der Waals surface area contributed by atoms with Crippen LogP contribution in [0.1, 0.15) is 36.6 Å². The fourth-order valence-corrected chi connectivity index (χ4v) is 4.49. The van der Waals surface area contributed by atoms with Crippen LogP contribution in [-0.4, -0.2) is 66.1 Å². The van der Waals surface area contributed by atoms with Gasteiger partial charge in [0.2, 0.25) is 5.91 Å². The van der Waals surface area contributed by atoms with Crippen LogP contribution < -0.4 is 5.32 Å². The maximum Gasteiger partial charge on any atom is 0.222 e. The van der Waals surface area contributed by atoms with E-state index in [1.807, 2.05) is 24.4 Å². The summed E-state index contributed by atoms with van der Waals surface area (Å²) in [5, 5.41) is 3.54. The second-order valence-corrected chi connectivity index (χ2v) is 8.11. The van der Waals surface area contributed by atoms with Crippen molar-refractivity contribution >= 4 is 5.91 Å². The molecule has 3 heterocycles. The van der Waals surface area contributed by atoms with E-state index in [4.69, 9.17) is 4.74 Å². The first kappa shape index (κ1) is 21.0. The second-order valence-electron chi connectivity index (χ2n) is 8.11. The fourth-order valence-electron chi connectivity index (χ4n) is 4.49. The lowest BCUT2D eigenvalue weighted by Gasteiger charge is -2.37. The minimum absolute atomic E-state index is 0.122. The molecule has 1 amide bonds. The fraction of sp³-hybridized carbons (Fsp3) is 0.500. The predicted molar refractivity (Wildman–Crippen MR) is 117 cm³/mol. The van der Waals surface area contributed by atoms with Crippen LogP contribution in [0.25, 0.3) is 0 Å². The lowest BCUT2D eigenvalue weighted by atomic mass is 10.1. The number of aromatic nitrogens is 1. The first-order valence-corrected chi connectivity index (χ1v) is 11.1. The highest BCUT2D eigenvalue weighted by molar-refractivity contribution is 5.78. The normalized spacial score (nSPS) is 21.1. The van der Waals surface area contributed by atoms with Crippen LogP contribution in [0.2, 0.25) is 0 Å². The molecule has 1 N–H and O–H groups in total. The Balaban J connectivity index is 1.37. The SMILES string of the molecule is O=C1CCC(CCNCc2ccccc2)N1CC(c1ccccn1)N1CCOCC1. The van der Waals surface area contributed by atoms with Crippen LogP contribution in [-0.2, 0) is 16.1 Å². The first-order chi connectivity index (χ1) is 14.8. The van der Waals surface area contributed by atoms with Crippen LogP contribution >= 0.6 is 0 Å². The summed E-state index contributed by atoms with van der Waals surface area (Å²) in [5.74, 6) is 0.275. The molecule has 1 aromatic carbocycles. The van der Waals surface area contributed by atoms with Crippen molar-refractivity contribution in [3.63, 3.8) is 0 Å². The van der Waals surface area contributed by atoms with Gasteiger partial charge in [0.15, 0.2) is 0 Å². The van der Waals surface area contributed by atoms with Gasteiger partial charge in [-0.25, -0.2) is 0 Å². The minimum Gasteiger partial charge on any atom is -0.379 e. The maximum absolute atomic E-state index is 12.7. The highest BCUT2D eigenvalue weighted by Crippen LogP contribution is 2.28. The molecule has 2 atom stereocenters. The number of likely N-dealkylation sites (tertiary alicyclic amines) is 1. The summed E-state index contributed by atoms with van der Waals surface area (Å²) in [6.07, 6.45) is 4.43. The van der Waals surface area contributed by atoms with Gasteiger partial charge in [-0.3, -0.25) is 14.7 Å². The number of amides is 1. The summed E-state index contributed by atoms with van der Waals surface area (Å²) < 4.78 is 5.55. The van der Waals surface area contributed by atoms with Crippen molar-refractivity contribution in [2.45, 2.75) is 37.9 Å². The number of ether oxygens (including phenoxy) is 1. The number of nitrogens with one attached hydrogen (secondary N) is 1. The van der Waals surface area contributed by atoms with Gasteiger partial charge in [-0.05, 0) is 37.1 Å². The molecule has 6 nitrogen and oxygen atoms in total. The van der Waals surface area contributed by atoms with E-state index in [9.17, 15) is 4.79 Å².